The number of carbonyl (C=O) groups is 1. The molecule has 4 rings (SSSR count). The van der Waals surface area contributed by atoms with Crippen LogP contribution in [-0.2, 0) is 4.79 Å². The minimum atomic E-state index is -0.0598. The molecule has 0 spiro atoms. The molecule has 25 heavy (non-hydrogen) atoms. The van der Waals surface area contributed by atoms with Crippen LogP contribution in [0.25, 0.3) is 0 Å². The summed E-state index contributed by atoms with van der Waals surface area (Å²) in [5.41, 5.74) is 7.84. The summed E-state index contributed by atoms with van der Waals surface area (Å²) in [6.07, 6.45) is 5.05. The molecule has 0 saturated heterocycles. The number of aromatic nitrogens is 2. The standard InChI is InChI=1S/C19H22N4O2/c1-11-8-9-21-19(22-11)25-15-6-4-14(5-7-15)23-18(24)16-12-2-3-13(10-12)17(16)20/h4-9,12-13,16-17H,2-3,10,20H2,1H3,(H,23,24). The third kappa shape index (κ3) is 3.22. The van der Waals surface area contributed by atoms with Gasteiger partial charge < -0.3 is 15.8 Å². The van der Waals surface area contributed by atoms with Crippen molar-refractivity contribution in [1.82, 2.24) is 9.97 Å². The number of anilines is 1. The smallest absolute Gasteiger partial charge is 0.322 e. The number of amides is 1. The van der Waals surface area contributed by atoms with Crippen molar-refractivity contribution in [2.24, 2.45) is 23.5 Å². The number of carbonyl (C=O) groups excluding carboxylic acids is 1. The molecular formula is C19H22N4O2. The zero-order valence-electron chi connectivity index (χ0n) is 14.2. The van der Waals surface area contributed by atoms with Crippen LogP contribution in [0.4, 0.5) is 5.69 Å². The molecule has 2 fully saturated rings. The van der Waals surface area contributed by atoms with Gasteiger partial charge in [0, 0.05) is 23.6 Å². The average Bonchev–Trinajstić information content (AvgIpc) is 3.18. The molecular weight excluding hydrogens is 316 g/mol. The highest BCUT2D eigenvalue weighted by molar-refractivity contribution is 5.93. The van der Waals surface area contributed by atoms with Crippen LogP contribution in [0.15, 0.2) is 36.5 Å². The number of hydrogen-bond acceptors (Lipinski definition) is 5. The predicted octanol–water partition coefficient (Wildman–Crippen LogP) is 2.89. The highest BCUT2D eigenvalue weighted by atomic mass is 16.5. The van der Waals surface area contributed by atoms with E-state index in [0.29, 0.717) is 23.6 Å². The van der Waals surface area contributed by atoms with E-state index in [9.17, 15) is 4.79 Å². The third-order valence-electron chi connectivity index (χ3n) is 5.39. The second-order valence-corrected chi connectivity index (χ2v) is 7.03. The summed E-state index contributed by atoms with van der Waals surface area (Å²) in [6, 6.07) is 9.35. The van der Waals surface area contributed by atoms with Gasteiger partial charge in [0.2, 0.25) is 5.91 Å². The van der Waals surface area contributed by atoms with Gasteiger partial charge in [-0.2, -0.15) is 0 Å². The van der Waals surface area contributed by atoms with E-state index < -0.39 is 0 Å². The Kier molecular flexibility index (Phi) is 4.13. The zero-order valence-corrected chi connectivity index (χ0v) is 14.2. The lowest BCUT2D eigenvalue weighted by molar-refractivity contribution is -0.121. The molecule has 1 aromatic heterocycles. The van der Waals surface area contributed by atoms with Crippen molar-refractivity contribution in [3.63, 3.8) is 0 Å². The first kappa shape index (κ1) is 16.0. The Bertz CT molecular complexity index is 775. The van der Waals surface area contributed by atoms with Gasteiger partial charge in [0.25, 0.3) is 0 Å². The number of hydrogen-bond donors (Lipinski definition) is 2. The van der Waals surface area contributed by atoms with Gasteiger partial charge in [-0.25, -0.2) is 9.97 Å². The van der Waals surface area contributed by atoms with Gasteiger partial charge >= 0.3 is 6.01 Å². The summed E-state index contributed by atoms with van der Waals surface area (Å²) in [5.74, 6) is 1.57. The topological polar surface area (TPSA) is 90.1 Å². The summed E-state index contributed by atoms with van der Waals surface area (Å²) in [5, 5.41) is 2.99. The molecule has 2 saturated carbocycles. The molecule has 130 valence electrons. The lowest BCUT2D eigenvalue weighted by atomic mass is 9.84. The molecule has 4 atom stereocenters. The Morgan fingerprint density at radius 1 is 1.20 bits per heavy atom. The summed E-state index contributed by atoms with van der Waals surface area (Å²) in [6.45, 7) is 1.88. The molecule has 2 aliphatic rings. The zero-order chi connectivity index (χ0) is 17.4. The fourth-order valence-corrected chi connectivity index (χ4v) is 4.14. The SMILES string of the molecule is Cc1ccnc(Oc2ccc(NC(=O)C3C4CCC(C4)C3N)cc2)n1. The minimum Gasteiger partial charge on any atom is -0.424 e. The summed E-state index contributed by atoms with van der Waals surface area (Å²) in [4.78, 5) is 20.9. The van der Waals surface area contributed by atoms with Crippen molar-refractivity contribution in [3.8, 4) is 11.8 Å². The van der Waals surface area contributed by atoms with Crippen LogP contribution in [0, 0.1) is 24.7 Å². The Morgan fingerprint density at radius 3 is 2.64 bits per heavy atom. The van der Waals surface area contributed by atoms with Gasteiger partial charge in [0.15, 0.2) is 0 Å². The Hall–Kier alpha value is -2.47. The Balaban J connectivity index is 1.40. The molecule has 0 aliphatic heterocycles. The van der Waals surface area contributed by atoms with E-state index in [1.165, 1.54) is 6.42 Å². The van der Waals surface area contributed by atoms with E-state index in [1.54, 1.807) is 18.3 Å². The fraction of sp³-hybridized carbons (Fsp3) is 0.421. The van der Waals surface area contributed by atoms with Crippen LogP contribution >= 0.6 is 0 Å². The maximum atomic E-state index is 12.6. The normalized spacial score (nSPS) is 27.3. The number of fused-ring (bicyclic) bond motifs is 2. The molecule has 3 N–H and O–H groups in total. The van der Waals surface area contributed by atoms with E-state index >= 15 is 0 Å². The number of nitrogens with two attached hydrogens (primary N) is 1. The molecule has 2 aromatic rings. The highest BCUT2D eigenvalue weighted by Gasteiger charge is 2.49. The predicted molar refractivity (Wildman–Crippen MR) is 94.2 cm³/mol. The molecule has 6 nitrogen and oxygen atoms in total. The quantitative estimate of drug-likeness (QED) is 0.894. The molecule has 0 radical (unpaired) electrons. The van der Waals surface area contributed by atoms with E-state index in [-0.39, 0.29) is 17.9 Å². The van der Waals surface area contributed by atoms with Crippen LogP contribution in [0.5, 0.6) is 11.8 Å². The average molecular weight is 338 g/mol. The summed E-state index contributed by atoms with van der Waals surface area (Å²) < 4.78 is 5.62. The van der Waals surface area contributed by atoms with Crippen LogP contribution in [0.1, 0.15) is 25.0 Å². The lowest BCUT2D eigenvalue weighted by Crippen LogP contribution is -2.42. The van der Waals surface area contributed by atoms with Crippen LogP contribution < -0.4 is 15.8 Å². The van der Waals surface area contributed by atoms with Gasteiger partial charge in [-0.1, -0.05) is 0 Å². The van der Waals surface area contributed by atoms with Crippen LogP contribution in [0.2, 0.25) is 0 Å². The first-order chi connectivity index (χ1) is 12.1. The van der Waals surface area contributed by atoms with Gasteiger partial charge in [0.05, 0.1) is 5.92 Å². The molecule has 1 aromatic carbocycles. The maximum Gasteiger partial charge on any atom is 0.322 e. The van der Waals surface area contributed by atoms with Gasteiger partial charge in [-0.05, 0) is 68.4 Å². The fourth-order valence-electron chi connectivity index (χ4n) is 4.14. The van der Waals surface area contributed by atoms with Crippen molar-refractivity contribution in [2.45, 2.75) is 32.2 Å². The lowest BCUT2D eigenvalue weighted by Gasteiger charge is -2.27. The second-order valence-electron chi connectivity index (χ2n) is 7.03. The largest absolute Gasteiger partial charge is 0.424 e. The molecule has 2 bridgehead atoms. The maximum absolute atomic E-state index is 12.6. The van der Waals surface area contributed by atoms with E-state index in [1.807, 2.05) is 25.1 Å². The first-order valence-corrected chi connectivity index (χ1v) is 8.74. The van der Waals surface area contributed by atoms with Crippen LogP contribution in [0.3, 0.4) is 0 Å². The minimum absolute atomic E-state index is 0.000162. The number of nitrogens with zero attached hydrogens (tertiary/aromatic N) is 2. The monoisotopic (exact) mass is 338 g/mol. The number of aryl methyl sites for hydroxylation is 1. The highest BCUT2D eigenvalue weighted by Crippen LogP contribution is 2.47. The molecule has 2 aliphatic carbocycles. The molecule has 6 heteroatoms. The second kappa shape index (κ2) is 6.44. The summed E-state index contributed by atoms with van der Waals surface area (Å²) in [7, 11) is 0. The molecule has 1 heterocycles. The Labute approximate surface area is 146 Å². The van der Waals surface area contributed by atoms with Crippen molar-refractivity contribution in [2.75, 3.05) is 5.32 Å². The number of rotatable bonds is 4. The van der Waals surface area contributed by atoms with E-state index in [2.05, 4.69) is 15.3 Å². The van der Waals surface area contributed by atoms with Crippen molar-refractivity contribution in [1.29, 1.82) is 0 Å². The van der Waals surface area contributed by atoms with Gasteiger partial charge in [0.1, 0.15) is 5.75 Å². The number of nitrogens with one attached hydrogen (secondary N) is 1. The third-order valence-corrected chi connectivity index (χ3v) is 5.39. The van der Waals surface area contributed by atoms with Crippen molar-refractivity contribution in [3.05, 3.63) is 42.2 Å². The Morgan fingerprint density at radius 2 is 1.96 bits per heavy atom. The van der Waals surface area contributed by atoms with E-state index in [0.717, 1.165) is 24.2 Å². The van der Waals surface area contributed by atoms with Crippen molar-refractivity contribution >= 4 is 11.6 Å². The number of ether oxygens (including phenoxy) is 1. The van der Waals surface area contributed by atoms with E-state index in [4.69, 9.17) is 10.5 Å². The molecule has 4 unspecified atom stereocenters. The van der Waals surface area contributed by atoms with Crippen LogP contribution in [-0.4, -0.2) is 21.9 Å². The summed E-state index contributed by atoms with van der Waals surface area (Å²) >= 11 is 0. The first-order valence-electron chi connectivity index (χ1n) is 8.74. The molecule has 1 amide bonds. The number of benzene rings is 1. The van der Waals surface area contributed by atoms with Crippen molar-refractivity contribution < 1.29 is 9.53 Å². The van der Waals surface area contributed by atoms with Gasteiger partial charge in [-0.15, -0.1) is 0 Å². The van der Waals surface area contributed by atoms with Gasteiger partial charge in [-0.3, -0.25) is 4.79 Å².